The second-order valence-electron chi connectivity index (χ2n) is 4.89. The summed E-state index contributed by atoms with van der Waals surface area (Å²) in [5.74, 6) is 0.600. The summed E-state index contributed by atoms with van der Waals surface area (Å²) in [6, 6.07) is 4.57. The predicted octanol–water partition coefficient (Wildman–Crippen LogP) is 1.59. The number of hydrogen-bond acceptors (Lipinski definition) is 3. The van der Waals surface area contributed by atoms with Gasteiger partial charge in [-0.25, -0.2) is 4.39 Å². The molecule has 110 valence electrons. The minimum atomic E-state index is -0.238. The maximum Gasteiger partial charge on any atom is 0.236 e. The Morgan fingerprint density at radius 2 is 2.20 bits per heavy atom. The van der Waals surface area contributed by atoms with E-state index in [9.17, 15) is 9.18 Å². The Kier molecular flexibility index (Phi) is 4.95. The van der Waals surface area contributed by atoms with Crippen LogP contribution in [0.4, 0.5) is 4.39 Å². The number of carbonyl (C=O) groups is 1. The van der Waals surface area contributed by atoms with Crippen LogP contribution in [-0.2, 0) is 11.2 Å². The lowest BCUT2D eigenvalue weighted by atomic mass is 10.1. The smallest absolute Gasteiger partial charge is 0.236 e. The first-order valence-electron chi connectivity index (χ1n) is 7.07. The molecule has 1 aliphatic heterocycles. The molecule has 5 heteroatoms. The molecule has 1 aromatic carbocycles. The highest BCUT2D eigenvalue weighted by molar-refractivity contribution is 5.78. The van der Waals surface area contributed by atoms with Crippen LogP contribution < -0.4 is 10.1 Å². The molecule has 4 nitrogen and oxygen atoms in total. The van der Waals surface area contributed by atoms with Crippen molar-refractivity contribution in [2.75, 3.05) is 26.2 Å². The van der Waals surface area contributed by atoms with E-state index in [1.165, 1.54) is 12.1 Å². The normalized spacial score (nSPS) is 16.6. The molecule has 0 bridgehead atoms. The fourth-order valence-corrected chi connectivity index (χ4v) is 2.43. The maximum absolute atomic E-state index is 13.1. The molecule has 1 aliphatic rings. The quantitative estimate of drug-likeness (QED) is 0.860. The number of rotatable bonds is 6. The summed E-state index contributed by atoms with van der Waals surface area (Å²) in [6.07, 6.45) is 0.649. The predicted molar refractivity (Wildman–Crippen MR) is 75.3 cm³/mol. The van der Waals surface area contributed by atoms with Crippen molar-refractivity contribution >= 4 is 5.91 Å². The summed E-state index contributed by atoms with van der Waals surface area (Å²) in [6.45, 7) is 6.28. The second kappa shape index (κ2) is 6.70. The van der Waals surface area contributed by atoms with E-state index < -0.39 is 0 Å². The lowest BCUT2D eigenvalue weighted by Crippen LogP contribution is -2.40. The van der Waals surface area contributed by atoms with E-state index in [0.717, 1.165) is 24.4 Å². The number of nitrogens with one attached hydrogen (secondary N) is 1. The van der Waals surface area contributed by atoms with E-state index in [4.69, 9.17) is 4.74 Å². The van der Waals surface area contributed by atoms with Gasteiger partial charge in [0, 0.05) is 31.6 Å². The van der Waals surface area contributed by atoms with E-state index in [-0.39, 0.29) is 17.8 Å². The lowest BCUT2D eigenvalue weighted by molar-refractivity contribution is -0.129. The highest BCUT2D eigenvalue weighted by atomic mass is 19.1. The number of halogens is 1. The molecule has 20 heavy (non-hydrogen) atoms. The van der Waals surface area contributed by atoms with Crippen molar-refractivity contribution in [1.82, 2.24) is 10.2 Å². The first kappa shape index (κ1) is 14.8. The Bertz CT molecular complexity index is 475. The van der Waals surface area contributed by atoms with Crippen molar-refractivity contribution in [2.24, 2.45) is 0 Å². The highest BCUT2D eigenvalue weighted by Gasteiger charge is 2.23. The third-order valence-corrected chi connectivity index (χ3v) is 3.53. The standard InChI is InChI=1S/C15H21FN2O2/c1-3-18(4-2)15(19)10-17-9-13-8-11-7-12(16)5-6-14(11)20-13/h5-7,13,17H,3-4,8-10H2,1-2H3. The number of nitrogens with zero attached hydrogens (tertiary/aromatic N) is 1. The van der Waals surface area contributed by atoms with Crippen molar-refractivity contribution in [3.05, 3.63) is 29.6 Å². The number of ether oxygens (including phenoxy) is 1. The molecule has 1 N–H and O–H groups in total. The Balaban J connectivity index is 1.76. The Labute approximate surface area is 118 Å². The molecule has 0 aliphatic carbocycles. The zero-order valence-electron chi connectivity index (χ0n) is 12.0. The van der Waals surface area contributed by atoms with Gasteiger partial charge in [0.15, 0.2) is 0 Å². The topological polar surface area (TPSA) is 41.6 Å². The zero-order chi connectivity index (χ0) is 14.5. The van der Waals surface area contributed by atoms with Crippen LogP contribution in [0.5, 0.6) is 5.75 Å². The van der Waals surface area contributed by atoms with E-state index in [1.54, 1.807) is 11.0 Å². The lowest BCUT2D eigenvalue weighted by Gasteiger charge is -2.19. The molecule has 1 amide bonds. The minimum absolute atomic E-state index is 0.0312. The number of hydrogen-bond donors (Lipinski definition) is 1. The van der Waals surface area contributed by atoms with Gasteiger partial charge in [-0.05, 0) is 32.0 Å². The third-order valence-electron chi connectivity index (χ3n) is 3.53. The van der Waals surface area contributed by atoms with E-state index in [1.807, 2.05) is 13.8 Å². The van der Waals surface area contributed by atoms with Crippen LogP contribution in [0, 0.1) is 5.82 Å². The summed E-state index contributed by atoms with van der Waals surface area (Å²) in [4.78, 5) is 13.6. The van der Waals surface area contributed by atoms with Gasteiger partial charge in [-0.15, -0.1) is 0 Å². The molecule has 0 spiro atoms. The zero-order valence-corrected chi connectivity index (χ0v) is 12.0. The molecule has 1 unspecified atom stereocenters. The molecule has 0 radical (unpaired) electrons. The molecular formula is C15H21FN2O2. The molecule has 0 saturated carbocycles. The average Bonchev–Trinajstić information content (AvgIpc) is 2.82. The van der Waals surface area contributed by atoms with Crippen LogP contribution in [0.25, 0.3) is 0 Å². The van der Waals surface area contributed by atoms with E-state index in [0.29, 0.717) is 19.5 Å². The van der Waals surface area contributed by atoms with Crippen molar-refractivity contribution in [3.63, 3.8) is 0 Å². The van der Waals surface area contributed by atoms with Crippen LogP contribution in [0.15, 0.2) is 18.2 Å². The van der Waals surface area contributed by atoms with Crippen LogP contribution in [0.1, 0.15) is 19.4 Å². The van der Waals surface area contributed by atoms with Crippen LogP contribution in [0.2, 0.25) is 0 Å². The van der Waals surface area contributed by atoms with Crippen molar-refractivity contribution in [2.45, 2.75) is 26.4 Å². The number of amides is 1. The molecule has 0 fully saturated rings. The van der Waals surface area contributed by atoms with Gasteiger partial charge in [-0.3, -0.25) is 4.79 Å². The molecule has 1 heterocycles. The minimum Gasteiger partial charge on any atom is -0.488 e. The van der Waals surface area contributed by atoms with Gasteiger partial charge in [0.1, 0.15) is 17.7 Å². The maximum atomic E-state index is 13.1. The van der Waals surface area contributed by atoms with Crippen molar-refractivity contribution in [3.8, 4) is 5.75 Å². The fourth-order valence-electron chi connectivity index (χ4n) is 2.43. The van der Waals surface area contributed by atoms with Crippen LogP contribution >= 0.6 is 0 Å². The van der Waals surface area contributed by atoms with E-state index >= 15 is 0 Å². The van der Waals surface area contributed by atoms with Gasteiger partial charge in [0.2, 0.25) is 5.91 Å². The fraction of sp³-hybridized carbons (Fsp3) is 0.533. The number of carbonyl (C=O) groups excluding carboxylic acids is 1. The monoisotopic (exact) mass is 280 g/mol. The molecular weight excluding hydrogens is 259 g/mol. The van der Waals surface area contributed by atoms with Gasteiger partial charge >= 0.3 is 0 Å². The van der Waals surface area contributed by atoms with Crippen LogP contribution in [0.3, 0.4) is 0 Å². The number of likely N-dealkylation sites (N-methyl/N-ethyl adjacent to an activating group) is 1. The first-order chi connectivity index (χ1) is 9.63. The number of fused-ring (bicyclic) bond motifs is 1. The SMILES string of the molecule is CCN(CC)C(=O)CNCC1Cc2cc(F)ccc2O1. The Morgan fingerprint density at radius 1 is 1.45 bits per heavy atom. The van der Waals surface area contributed by atoms with E-state index in [2.05, 4.69) is 5.32 Å². The molecule has 1 aromatic rings. The Hall–Kier alpha value is -1.62. The van der Waals surface area contributed by atoms with Gasteiger partial charge in [-0.1, -0.05) is 0 Å². The first-order valence-corrected chi connectivity index (χ1v) is 7.07. The summed E-state index contributed by atoms with van der Waals surface area (Å²) >= 11 is 0. The second-order valence-corrected chi connectivity index (χ2v) is 4.89. The van der Waals surface area contributed by atoms with Gasteiger partial charge in [-0.2, -0.15) is 0 Å². The molecule has 0 aromatic heterocycles. The molecule has 2 rings (SSSR count). The van der Waals surface area contributed by atoms with Gasteiger partial charge in [0.25, 0.3) is 0 Å². The summed E-state index contributed by atoms with van der Waals surface area (Å²) in [5, 5.41) is 3.12. The Morgan fingerprint density at radius 3 is 2.90 bits per heavy atom. The summed E-state index contributed by atoms with van der Waals surface area (Å²) < 4.78 is 18.8. The van der Waals surface area contributed by atoms with Gasteiger partial charge in [0.05, 0.1) is 6.54 Å². The largest absolute Gasteiger partial charge is 0.488 e. The summed E-state index contributed by atoms with van der Waals surface area (Å²) in [5.41, 5.74) is 0.895. The van der Waals surface area contributed by atoms with Crippen molar-refractivity contribution in [1.29, 1.82) is 0 Å². The molecule has 1 atom stereocenters. The number of benzene rings is 1. The third kappa shape index (κ3) is 3.48. The summed E-state index contributed by atoms with van der Waals surface area (Å²) in [7, 11) is 0. The van der Waals surface area contributed by atoms with Gasteiger partial charge < -0.3 is 15.0 Å². The molecule has 0 saturated heterocycles. The van der Waals surface area contributed by atoms with Crippen LogP contribution in [-0.4, -0.2) is 43.1 Å². The van der Waals surface area contributed by atoms with Crippen molar-refractivity contribution < 1.29 is 13.9 Å². The highest BCUT2D eigenvalue weighted by Crippen LogP contribution is 2.28. The average molecular weight is 280 g/mol.